The first-order valence-corrected chi connectivity index (χ1v) is 6.20. The molecule has 1 saturated heterocycles. The Bertz CT molecular complexity index is 340. The van der Waals surface area contributed by atoms with Crippen molar-refractivity contribution in [1.82, 2.24) is 4.98 Å². The van der Waals surface area contributed by atoms with E-state index >= 15 is 0 Å². The van der Waals surface area contributed by atoms with Crippen LogP contribution in [0, 0.1) is 0 Å². The highest BCUT2D eigenvalue weighted by Gasteiger charge is 2.20. The summed E-state index contributed by atoms with van der Waals surface area (Å²) in [6.45, 7) is 3.02. The quantitative estimate of drug-likeness (QED) is 0.872. The maximum absolute atomic E-state index is 5.66. The molecule has 0 amide bonds. The summed E-state index contributed by atoms with van der Waals surface area (Å²) in [4.78, 5) is 4.19. The largest absolute Gasteiger partial charge is 0.481 e. The molecule has 4 heteroatoms. The summed E-state index contributed by atoms with van der Waals surface area (Å²) in [6, 6.07) is 4.37. The normalized spacial score (nSPS) is 24.4. The van der Waals surface area contributed by atoms with Crippen molar-refractivity contribution in [1.29, 1.82) is 0 Å². The predicted molar refractivity (Wildman–Crippen MR) is 67.5 cm³/mol. The second-order valence-electron chi connectivity index (χ2n) is 4.36. The maximum atomic E-state index is 5.66. The van der Waals surface area contributed by atoms with Gasteiger partial charge in [0, 0.05) is 18.7 Å². The van der Waals surface area contributed by atoms with E-state index in [1.807, 2.05) is 18.3 Å². The minimum atomic E-state index is 0.396. The van der Waals surface area contributed by atoms with Gasteiger partial charge in [-0.25, -0.2) is 4.98 Å². The molecule has 17 heavy (non-hydrogen) atoms. The summed E-state index contributed by atoms with van der Waals surface area (Å²) >= 11 is 0. The molecule has 0 bridgehead atoms. The van der Waals surface area contributed by atoms with Crippen LogP contribution < -0.4 is 10.1 Å². The number of rotatable bonds is 4. The molecule has 2 atom stereocenters. The lowest BCUT2D eigenvalue weighted by Crippen LogP contribution is -2.33. The highest BCUT2D eigenvalue weighted by Crippen LogP contribution is 2.20. The van der Waals surface area contributed by atoms with E-state index in [1.165, 1.54) is 0 Å². The Morgan fingerprint density at radius 3 is 3.06 bits per heavy atom. The van der Waals surface area contributed by atoms with E-state index in [0.29, 0.717) is 18.0 Å². The maximum Gasteiger partial charge on any atom is 0.213 e. The summed E-state index contributed by atoms with van der Waals surface area (Å²) in [7, 11) is 1.62. The standard InChI is InChI=1S/C13H20N2O2/c1-3-12-8-10(6-7-17-12)15-11-4-5-13(16-2)14-9-11/h4-5,9-10,12,15H,3,6-8H2,1-2H3. The van der Waals surface area contributed by atoms with E-state index in [4.69, 9.17) is 9.47 Å². The van der Waals surface area contributed by atoms with Crippen molar-refractivity contribution in [2.45, 2.75) is 38.3 Å². The molecule has 2 rings (SSSR count). The van der Waals surface area contributed by atoms with Gasteiger partial charge in [0.1, 0.15) is 0 Å². The monoisotopic (exact) mass is 236 g/mol. The van der Waals surface area contributed by atoms with E-state index in [9.17, 15) is 0 Å². The summed E-state index contributed by atoms with van der Waals surface area (Å²) in [5.41, 5.74) is 1.05. The number of pyridine rings is 1. The number of ether oxygens (including phenoxy) is 2. The Morgan fingerprint density at radius 1 is 1.53 bits per heavy atom. The van der Waals surface area contributed by atoms with Crippen molar-refractivity contribution in [2.75, 3.05) is 19.0 Å². The molecular formula is C13H20N2O2. The fraction of sp³-hybridized carbons (Fsp3) is 0.615. The molecule has 1 aliphatic rings. The molecule has 94 valence electrons. The SMILES string of the molecule is CCC1CC(Nc2ccc(OC)nc2)CCO1. The summed E-state index contributed by atoms with van der Waals surface area (Å²) < 4.78 is 10.7. The van der Waals surface area contributed by atoms with Crippen LogP contribution in [-0.2, 0) is 4.74 Å². The van der Waals surface area contributed by atoms with Crippen molar-refractivity contribution in [2.24, 2.45) is 0 Å². The van der Waals surface area contributed by atoms with Crippen LogP contribution in [0.1, 0.15) is 26.2 Å². The third kappa shape index (κ3) is 3.33. The molecule has 2 heterocycles. The third-order valence-corrected chi connectivity index (χ3v) is 3.14. The van der Waals surface area contributed by atoms with Crippen LogP contribution in [-0.4, -0.2) is 30.8 Å². The molecule has 1 aromatic rings. The lowest BCUT2D eigenvalue weighted by Gasteiger charge is -2.30. The van der Waals surface area contributed by atoms with E-state index in [1.54, 1.807) is 7.11 Å². The summed E-state index contributed by atoms with van der Waals surface area (Å²) in [6.07, 6.45) is 5.42. The number of hydrogen-bond donors (Lipinski definition) is 1. The van der Waals surface area contributed by atoms with Crippen LogP contribution in [0.5, 0.6) is 5.88 Å². The zero-order valence-electron chi connectivity index (χ0n) is 10.5. The minimum Gasteiger partial charge on any atom is -0.481 e. The molecule has 2 unspecified atom stereocenters. The lowest BCUT2D eigenvalue weighted by atomic mass is 10.0. The van der Waals surface area contributed by atoms with Crippen LogP contribution in [0.15, 0.2) is 18.3 Å². The average Bonchev–Trinajstić information content (AvgIpc) is 2.40. The van der Waals surface area contributed by atoms with Gasteiger partial charge in [-0.2, -0.15) is 0 Å². The second kappa shape index (κ2) is 5.87. The molecule has 0 aliphatic carbocycles. The van der Waals surface area contributed by atoms with Crippen molar-refractivity contribution >= 4 is 5.69 Å². The van der Waals surface area contributed by atoms with Crippen LogP contribution in [0.25, 0.3) is 0 Å². The van der Waals surface area contributed by atoms with Crippen molar-refractivity contribution in [3.8, 4) is 5.88 Å². The van der Waals surface area contributed by atoms with Crippen molar-refractivity contribution in [3.05, 3.63) is 18.3 Å². The van der Waals surface area contributed by atoms with Gasteiger partial charge in [-0.3, -0.25) is 0 Å². The number of hydrogen-bond acceptors (Lipinski definition) is 4. The molecule has 4 nitrogen and oxygen atoms in total. The molecule has 0 spiro atoms. The molecule has 1 N–H and O–H groups in total. The van der Waals surface area contributed by atoms with Gasteiger partial charge in [-0.15, -0.1) is 0 Å². The Labute approximate surface area is 102 Å². The Balaban J connectivity index is 1.90. The van der Waals surface area contributed by atoms with E-state index < -0.39 is 0 Å². The first-order chi connectivity index (χ1) is 8.31. The van der Waals surface area contributed by atoms with Gasteiger partial charge in [0.25, 0.3) is 0 Å². The molecular weight excluding hydrogens is 216 g/mol. The van der Waals surface area contributed by atoms with Crippen LogP contribution in [0.3, 0.4) is 0 Å². The summed E-state index contributed by atoms with van der Waals surface area (Å²) in [5, 5.41) is 3.50. The molecule has 0 radical (unpaired) electrons. The zero-order chi connectivity index (χ0) is 12.1. The van der Waals surface area contributed by atoms with E-state index in [0.717, 1.165) is 31.6 Å². The number of nitrogens with zero attached hydrogens (tertiary/aromatic N) is 1. The molecule has 1 fully saturated rings. The third-order valence-electron chi connectivity index (χ3n) is 3.14. The van der Waals surface area contributed by atoms with Gasteiger partial charge < -0.3 is 14.8 Å². The lowest BCUT2D eigenvalue weighted by molar-refractivity contribution is 0.00925. The molecule has 1 aliphatic heterocycles. The predicted octanol–water partition coefficient (Wildman–Crippen LogP) is 2.46. The second-order valence-corrected chi connectivity index (χ2v) is 4.36. The summed E-state index contributed by atoms with van der Waals surface area (Å²) in [5.74, 6) is 0.647. The number of aromatic nitrogens is 1. The Kier molecular flexibility index (Phi) is 4.20. The van der Waals surface area contributed by atoms with E-state index in [2.05, 4.69) is 17.2 Å². The minimum absolute atomic E-state index is 0.396. The zero-order valence-corrected chi connectivity index (χ0v) is 10.5. The highest BCUT2D eigenvalue weighted by molar-refractivity contribution is 5.43. The Hall–Kier alpha value is -1.29. The van der Waals surface area contributed by atoms with Gasteiger partial charge in [0.2, 0.25) is 5.88 Å². The molecule has 0 aromatic carbocycles. The first-order valence-electron chi connectivity index (χ1n) is 6.20. The van der Waals surface area contributed by atoms with Gasteiger partial charge >= 0.3 is 0 Å². The first kappa shape index (κ1) is 12.2. The topological polar surface area (TPSA) is 43.4 Å². The smallest absolute Gasteiger partial charge is 0.213 e. The van der Waals surface area contributed by atoms with Crippen molar-refractivity contribution in [3.63, 3.8) is 0 Å². The average molecular weight is 236 g/mol. The van der Waals surface area contributed by atoms with Gasteiger partial charge in [0.05, 0.1) is 25.1 Å². The molecule has 0 saturated carbocycles. The Morgan fingerprint density at radius 2 is 2.41 bits per heavy atom. The van der Waals surface area contributed by atoms with Crippen LogP contribution >= 0.6 is 0 Å². The molecule has 1 aromatic heterocycles. The number of methoxy groups -OCH3 is 1. The highest BCUT2D eigenvalue weighted by atomic mass is 16.5. The number of anilines is 1. The van der Waals surface area contributed by atoms with Gasteiger partial charge in [-0.1, -0.05) is 6.92 Å². The van der Waals surface area contributed by atoms with Crippen LogP contribution in [0.4, 0.5) is 5.69 Å². The van der Waals surface area contributed by atoms with Gasteiger partial charge in [-0.05, 0) is 25.3 Å². The van der Waals surface area contributed by atoms with E-state index in [-0.39, 0.29) is 0 Å². The fourth-order valence-corrected chi connectivity index (χ4v) is 2.12. The number of nitrogens with one attached hydrogen (secondary N) is 1. The fourth-order valence-electron chi connectivity index (χ4n) is 2.12. The van der Waals surface area contributed by atoms with Crippen LogP contribution in [0.2, 0.25) is 0 Å². The van der Waals surface area contributed by atoms with Crippen molar-refractivity contribution < 1.29 is 9.47 Å². The van der Waals surface area contributed by atoms with Gasteiger partial charge in [0.15, 0.2) is 0 Å².